The summed E-state index contributed by atoms with van der Waals surface area (Å²) in [5.41, 5.74) is 2.49. The fourth-order valence-corrected chi connectivity index (χ4v) is 3.87. The Hall–Kier alpha value is -4.26. The number of aryl methyl sites for hydroxylation is 1. The number of benzene rings is 3. The van der Waals surface area contributed by atoms with E-state index in [4.69, 9.17) is 14.2 Å². The molecule has 0 aliphatic carbocycles. The van der Waals surface area contributed by atoms with Crippen molar-refractivity contribution in [3.05, 3.63) is 101 Å². The number of amides is 2. The third-order valence-corrected chi connectivity index (χ3v) is 5.61. The standard InChI is InChI=1S/C28H28N2O5/c1-4-33-27(31)25-24(18-34-22-14-8-10-19(2)16-22)30(3)28(32)29-26(25)20-11-9-15-23(17-20)35-21-12-6-5-7-13-21/h5-17,26H,4,18H2,1-3H3,(H,29,32). The molecule has 7 nitrogen and oxygen atoms in total. The van der Waals surface area contributed by atoms with E-state index in [9.17, 15) is 9.59 Å². The van der Waals surface area contributed by atoms with E-state index < -0.39 is 12.0 Å². The second kappa shape index (κ2) is 10.8. The van der Waals surface area contributed by atoms with Gasteiger partial charge in [0.05, 0.1) is 23.9 Å². The fourth-order valence-electron chi connectivity index (χ4n) is 3.87. The number of esters is 1. The Labute approximate surface area is 204 Å². The van der Waals surface area contributed by atoms with Crippen molar-refractivity contribution in [2.75, 3.05) is 20.3 Å². The Balaban J connectivity index is 1.71. The molecule has 3 aromatic carbocycles. The van der Waals surface area contributed by atoms with Crippen molar-refractivity contribution in [3.63, 3.8) is 0 Å². The van der Waals surface area contributed by atoms with E-state index in [1.54, 1.807) is 14.0 Å². The van der Waals surface area contributed by atoms with Crippen LogP contribution < -0.4 is 14.8 Å². The van der Waals surface area contributed by atoms with E-state index in [0.717, 1.165) is 5.56 Å². The zero-order valence-corrected chi connectivity index (χ0v) is 20.0. The zero-order valence-electron chi connectivity index (χ0n) is 20.0. The van der Waals surface area contributed by atoms with Gasteiger partial charge in [0.15, 0.2) is 0 Å². The predicted octanol–water partition coefficient (Wildman–Crippen LogP) is 5.38. The van der Waals surface area contributed by atoms with E-state index in [2.05, 4.69) is 5.32 Å². The number of nitrogens with zero attached hydrogens (tertiary/aromatic N) is 1. The first-order valence-corrected chi connectivity index (χ1v) is 11.4. The van der Waals surface area contributed by atoms with Crippen LogP contribution in [0.25, 0.3) is 0 Å². The molecule has 0 fully saturated rings. The molecule has 180 valence electrons. The fraction of sp³-hybridized carbons (Fsp3) is 0.214. The molecule has 0 radical (unpaired) electrons. The number of rotatable bonds is 8. The summed E-state index contributed by atoms with van der Waals surface area (Å²) < 4.78 is 17.3. The Morgan fingerprint density at radius 3 is 2.40 bits per heavy atom. The van der Waals surface area contributed by atoms with E-state index in [0.29, 0.717) is 34.1 Å². The molecule has 0 aromatic heterocycles. The van der Waals surface area contributed by atoms with Crippen molar-refractivity contribution in [2.24, 2.45) is 0 Å². The van der Waals surface area contributed by atoms with Gasteiger partial charge < -0.3 is 19.5 Å². The van der Waals surface area contributed by atoms with Crippen LogP contribution in [0.2, 0.25) is 0 Å². The molecule has 2 amide bonds. The first-order chi connectivity index (χ1) is 17.0. The van der Waals surface area contributed by atoms with Crippen LogP contribution in [0.15, 0.2) is 90.1 Å². The van der Waals surface area contributed by atoms with Gasteiger partial charge in [-0.3, -0.25) is 4.90 Å². The second-order valence-corrected chi connectivity index (χ2v) is 8.12. The summed E-state index contributed by atoms with van der Waals surface area (Å²) in [5, 5.41) is 2.92. The lowest BCUT2D eigenvalue weighted by atomic mass is 9.94. The van der Waals surface area contributed by atoms with Gasteiger partial charge in [-0.1, -0.05) is 42.5 Å². The molecule has 1 aliphatic rings. The Bertz CT molecular complexity index is 1240. The SMILES string of the molecule is CCOC(=O)C1=C(COc2cccc(C)c2)N(C)C(=O)NC1c1cccc(Oc2ccccc2)c1. The minimum atomic E-state index is -0.729. The van der Waals surface area contributed by atoms with Crippen LogP contribution in [0.5, 0.6) is 17.2 Å². The largest absolute Gasteiger partial charge is 0.487 e. The molecule has 1 aliphatic heterocycles. The summed E-state index contributed by atoms with van der Waals surface area (Å²) in [4.78, 5) is 27.4. The smallest absolute Gasteiger partial charge is 0.338 e. The quantitative estimate of drug-likeness (QED) is 0.446. The number of nitrogens with one attached hydrogen (secondary N) is 1. The van der Waals surface area contributed by atoms with Crippen molar-refractivity contribution >= 4 is 12.0 Å². The molecular formula is C28H28N2O5. The van der Waals surface area contributed by atoms with Crippen molar-refractivity contribution < 1.29 is 23.8 Å². The lowest BCUT2D eigenvalue weighted by molar-refractivity contribution is -0.139. The van der Waals surface area contributed by atoms with Crippen molar-refractivity contribution in [1.29, 1.82) is 0 Å². The highest BCUT2D eigenvalue weighted by molar-refractivity contribution is 5.95. The number of urea groups is 1. The van der Waals surface area contributed by atoms with Crippen molar-refractivity contribution in [2.45, 2.75) is 19.9 Å². The highest BCUT2D eigenvalue weighted by Gasteiger charge is 2.37. The van der Waals surface area contributed by atoms with E-state index >= 15 is 0 Å². The maximum atomic E-state index is 13.1. The third-order valence-electron chi connectivity index (χ3n) is 5.61. The average Bonchev–Trinajstić information content (AvgIpc) is 2.85. The monoisotopic (exact) mass is 472 g/mol. The van der Waals surface area contributed by atoms with Crippen LogP contribution in [-0.4, -0.2) is 37.2 Å². The molecule has 1 N–H and O–H groups in total. The van der Waals surface area contributed by atoms with E-state index in [1.165, 1.54) is 4.90 Å². The van der Waals surface area contributed by atoms with Gasteiger partial charge in [0.25, 0.3) is 0 Å². The Kier molecular flexibility index (Phi) is 7.35. The molecule has 0 bridgehead atoms. The van der Waals surface area contributed by atoms with Gasteiger partial charge in [-0.05, 0) is 61.4 Å². The Morgan fingerprint density at radius 1 is 0.943 bits per heavy atom. The van der Waals surface area contributed by atoms with Crippen LogP contribution in [0.1, 0.15) is 24.1 Å². The van der Waals surface area contributed by atoms with Gasteiger partial charge >= 0.3 is 12.0 Å². The van der Waals surface area contributed by atoms with Gasteiger partial charge in [-0.15, -0.1) is 0 Å². The summed E-state index contributed by atoms with van der Waals surface area (Å²) in [5.74, 6) is 1.41. The molecule has 1 atom stereocenters. The third kappa shape index (κ3) is 5.63. The van der Waals surface area contributed by atoms with Crippen LogP contribution in [0.4, 0.5) is 4.79 Å². The molecule has 0 spiro atoms. The minimum absolute atomic E-state index is 0.0260. The summed E-state index contributed by atoms with van der Waals surface area (Å²) in [6.07, 6.45) is 0. The number of carbonyl (C=O) groups excluding carboxylic acids is 2. The predicted molar refractivity (Wildman–Crippen MR) is 132 cm³/mol. The summed E-state index contributed by atoms with van der Waals surface area (Å²) in [6, 6.07) is 23.2. The summed E-state index contributed by atoms with van der Waals surface area (Å²) in [6.45, 7) is 3.95. The number of para-hydroxylation sites is 1. The van der Waals surface area contributed by atoms with Gasteiger partial charge in [0, 0.05) is 7.05 Å². The van der Waals surface area contributed by atoms with Crippen LogP contribution >= 0.6 is 0 Å². The lowest BCUT2D eigenvalue weighted by Gasteiger charge is -2.34. The van der Waals surface area contributed by atoms with E-state index in [-0.39, 0.29) is 19.2 Å². The highest BCUT2D eigenvalue weighted by atomic mass is 16.5. The van der Waals surface area contributed by atoms with Crippen molar-refractivity contribution in [3.8, 4) is 17.2 Å². The first kappa shape index (κ1) is 23.9. The lowest BCUT2D eigenvalue weighted by Crippen LogP contribution is -2.48. The highest BCUT2D eigenvalue weighted by Crippen LogP contribution is 2.33. The number of likely N-dealkylation sites (N-methyl/N-ethyl adjacent to an activating group) is 1. The molecule has 35 heavy (non-hydrogen) atoms. The molecule has 1 unspecified atom stereocenters. The van der Waals surface area contributed by atoms with Gasteiger partial charge in [0.1, 0.15) is 23.9 Å². The molecule has 4 rings (SSSR count). The minimum Gasteiger partial charge on any atom is -0.487 e. The van der Waals surface area contributed by atoms with Crippen LogP contribution in [0.3, 0.4) is 0 Å². The van der Waals surface area contributed by atoms with Gasteiger partial charge in [0.2, 0.25) is 0 Å². The molecular weight excluding hydrogens is 444 g/mol. The van der Waals surface area contributed by atoms with Gasteiger partial charge in [-0.25, -0.2) is 9.59 Å². The Morgan fingerprint density at radius 2 is 1.66 bits per heavy atom. The number of hydrogen-bond donors (Lipinski definition) is 1. The number of carbonyl (C=O) groups is 2. The number of ether oxygens (including phenoxy) is 3. The molecule has 0 saturated heterocycles. The average molecular weight is 473 g/mol. The van der Waals surface area contributed by atoms with Gasteiger partial charge in [-0.2, -0.15) is 0 Å². The van der Waals surface area contributed by atoms with E-state index in [1.807, 2.05) is 85.8 Å². The maximum absolute atomic E-state index is 13.1. The van der Waals surface area contributed by atoms with Crippen molar-refractivity contribution in [1.82, 2.24) is 10.2 Å². The van der Waals surface area contributed by atoms with Crippen LogP contribution in [-0.2, 0) is 9.53 Å². The molecule has 0 saturated carbocycles. The first-order valence-electron chi connectivity index (χ1n) is 11.4. The maximum Gasteiger partial charge on any atom is 0.338 e. The molecule has 3 aromatic rings. The zero-order chi connectivity index (χ0) is 24.8. The topological polar surface area (TPSA) is 77.1 Å². The summed E-state index contributed by atoms with van der Waals surface area (Å²) >= 11 is 0. The molecule has 7 heteroatoms. The van der Waals surface area contributed by atoms with Crippen LogP contribution in [0, 0.1) is 6.92 Å². The molecule has 1 heterocycles. The second-order valence-electron chi connectivity index (χ2n) is 8.12. The number of hydrogen-bond acceptors (Lipinski definition) is 5. The summed E-state index contributed by atoms with van der Waals surface area (Å²) in [7, 11) is 1.61. The normalized spacial score (nSPS) is 15.5.